The van der Waals surface area contributed by atoms with Gasteiger partial charge in [-0.1, -0.05) is 29.5 Å². The molecule has 2 aromatic carbocycles. The molecule has 0 saturated heterocycles. The van der Waals surface area contributed by atoms with Crippen molar-refractivity contribution in [3.05, 3.63) is 64.4 Å². The van der Waals surface area contributed by atoms with Gasteiger partial charge in [-0.15, -0.1) is 5.10 Å². The molecule has 0 aliphatic carbocycles. The van der Waals surface area contributed by atoms with Crippen LogP contribution in [0.15, 0.2) is 53.3 Å². The second kappa shape index (κ2) is 7.54. The maximum Gasteiger partial charge on any atom is 0.342 e. The smallest absolute Gasteiger partial charge is 0.342 e. The first-order chi connectivity index (χ1) is 12.2. The summed E-state index contributed by atoms with van der Waals surface area (Å²) < 4.78 is 6.17. The van der Waals surface area contributed by atoms with Crippen molar-refractivity contribution >= 4 is 22.6 Å². The van der Waals surface area contributed by atoms with Gasteiger partial charge >= 0.3 is 5.97 Å². The Balaban J connectivity index is 1.77. The summed E-state index contributed by atoms with van der Waals surface area (Å²) in [6, 6.07) is 13.6. The Labute approximate surface area is 142 Å². The summed E-state index contributed by atoms with van der Waals surface area (Å²) in [5.74, 6) is -0.608. The zero-order valence-corrected chi connectivity index (χ0v) is 13.3. The number of aliphatic hydroxyl groups excluding tert-OH is 1. The summed E-state index contributed by atoms with van der Waals surface area (Å²) in [6.45, 7) is -0.102. The SMILES string of the molecule is O=C(OCn1nnc2ccccc2c1=O)c1ccccc1NCCO. The Kier molecular flexibility index (Phi) is 5.00. The number of aromatic nitrogens is 3. The van der Waals surface area contributed by atoms with Gasteiger partial charge in [-0.3, -0.25) is 4.79 Å². The van der Waals surface area contributed by atoms with Gasteiger partial charge < -0.3 is 15.2 Å². The summed E-state index contributed by atoms with van der Waals surface area (Å²) in [7, 11) is 0. The predicted octanol–water partition coefficient (Wildman–Crippen LogP) is 1.01. The fraction of sp³-hybridized carbons (Fsp3) is 0.176. The number of fused-ring (bicyclic) bond motifs is 1. The van der Waals surface area contributed by atoms with Gasteiger partial charge in [0.25, 0.3) is 5.56 Å². The number of ether oxygens (including phenoxy) is 1. The van der Waals surface area contributed by atoms with E-state index in [0.717, 1.165) is 4.68 Å². The van der Waals surface area contributed by atoms with Crippen LogP contribution in [-0.2, 0) is 11.5 Å². The van der Waals surface area contributed by atoms with Gasteiger partial charge in [0, 0.05) is 12.2 Å². The fourth-order valence-electron chi connectivity index (χ4n) is 2.31. The second-order valence-electron chi connectivity index (χ2n) is 5.17. The van der Waals surface area contributed by atoms with E-state index in [4.69, 9.17) is 9.84 Å². The van der Waals surface area contributed by atoms with Crippen molar-refractivity contribution in [1.82, 2.24) is 15.0 Å². The van der Waals surface area contributed by atoms with Crippen molar-refractivity contribution in [3.63, 3.8) is 0 Å². The third kappa shape index (κ3) is 3.64. The van der Waals surface area contributed by atoms with Crippen molar-refractivity contribution in [2.45, 2.75) is 6.73 Å². The van der Waals surface area contributed by atoms with Crippen LogP contribution in [0.5, 0.6) is 0 Å². The van der Waals surface area contributed by atoms with Crippen LogP contribution < -0.4 is 10.9 Å². The van der Waals surface area contributed by atoms with Gasteiger partial charge in [0.2, 0.25) is 0 Å². The Morgan fingerprint density at radius 3 is 2.76 bits per heavy atom. The highest BCUT2D eigenvalue weighted by atomic mass is 16.5. The van der Waals surface area contributed by atoms with E-state index in [2.05, 4.69) is 15.6 Å². The van der Waals surface area contributed by atoms with E-state index in [1.807, 2.05) is 0 Å². The summed E-state index contributed by atoms with van der Waals surface area (Å²) in [4.78, 5) is 24.6. The van der Waals surface area contributed by atoms with Crippen LogP contribution in [0, 0.1) is 0 Å². The first-order valence-corrected chi connectivity index (χ1v) is 7.64. The van der Waals surface area contributed by atoms with Gasteiger partial charge in [-0.25, -0.2) is 4.79 Å². The molecule has 1 heterocycles. The molecule has 8 nitrogen and oxygen atoms in total. The van der Waals surface area contributed by atoms with Crippen LogP contribution in [0.25, 0.3) is 10.9 Å². The molecule has 0 atom stereocenters. The molecule has 8 heteroatoms. The molecule has 0 fully saturated rings. The average molecular weight is 340 g/mol. The molecule has 128 valence electrons. The van der Waals surface area contributed by atoms with Crippen LogP contribution in [0.1, 0.15) is 10.4 Å². The van der Waals surface area contributed by atoms with Gasteiger partial charge in [-0.2, -0.15) is 4.68 Å². The van der Waals surface area contributed by atoms with Gasteiger partial charge in [-0.05, 0) is 24.3 Å². The van der Waals surface area contributed by atoms with Crippen LogP contribution in [0.4, 0.5) is 5.69 Å². The molecule has 0 spiro atoms. The number of nitrogens with zero attached hydrogens (tertiary/aromatic N) is 3. The number of hydrogen-bond donors (Lipinski definition) is 2. The molecular formula is C17H16N4O4. The second-order valence-corrected chi connectivity index (χ2v) is 5.17. The first kappa shape index (κ1) is 16.6. The summed E-state index contributed by atoms with van der Waals surface area (Å²) >= 11 is 0. The van der Waals surface area contributed by atoms with Crippen molar-refractivity contribution in [3.8, 4) is 0 Å². The lowest BCUT2D eigenvalue weighted by Gasteiger charge is -2.11. The standard InChI is InChI=1S/C17H16N4O4/c22-10-9-18-14-7-3-2-6-13(14)17(24)25-11-21-16(23)12-5-1-4-8-15(12)19-20-21/h1-8,18,22H,9-11H2. The monoisotopic (exact) mass is 340 g/mol. The lowest BCUT2D eigenvalue weighted by molar-refractivity contribution is 0.0337. The largest absolute Gasteiger partial charge is 0.438 e. The van der Waals surface area contributed by atoms with E-state index in [-0.39, 0.29) is 18.9 Å². The van der Waals surface area contributed by atoms with E-state index in [0.29, 0.717) is 28.7 Å². The summed E-state index contributed by atoms with van der Waals surface area (Å²) in [6.07, 6.45) is 0. The van der Waals surface area contributed by atoms with Crippen LogP contribution in [0.3, 0.4) is 0 Å². The number of hydrogen-bond acceptors (Lipinski definition) is 7. The van der Waals surface area contributed by atoms with Crippen molar-refractivity contribution in [2.24, 2.45) is 0 Å². The minimum atomic E-state index is -0.608. The molecule has 0 aliphatic heterocycles. The number of anilines is 1. The van der Waals surface area contributed by atoms with Crippen LogP contribution >= 0.6 is 0 Å². The van der Waals surface area contributed by atoms with E-state index in [1.165, 1.54) is 0 Å². The number of para-hydroxylation sites is 1. The molecule has 2 N–H and O–H groups in total. The highest BCUT2D eigenvalue weighted by molar-refractivity contribution is 5.95. The number of carbonyl (C=O) groups excluding carboxylic acids is 1. The van der Waals surface area contributed by atoms with Crippen LogP contribution in [-0.4, -0.2) is 39.2 Å². The van der Waals surface area contributed by atoms with E-state index >= 15 is 0 Å². The third-order valence-electron chi connectivity index (χ3n) is 3.52. The first-order valence-electron chi connectivity index (χ1n) is 7.64. The highest BCUT2D eigenvalue weighted by Crippen LogP contribution is 2.16. The van der Waals surface area contributed by atoms with Crippen LogP contribution in [0.2, 0.25) is 0 Å². The van der Waals surface area contributed by atoms with Gasteiger partial charge in [0.1, 0.15) is 5.52 Å². The Morgan fingerprint density at radius 1 is 1.16 bits per heavy atom. The summed E-state index contributed by atoms with van der Waals surface area (Å²) in [5.41, 5.74) is 0.940. The molecule has 0 aliphatic rings. The number of carbonyl (C=O) groups is 1. The molecule has 0 radical (unpaired) electrons. The number of rotatable bonds is 6. The van der Waals surface area contributed by atoms with E-state index in [1.54, 1.807) is 48.5 Å². The Morgan fingerprint density at radius 2 is 1.92 bits per heavy atom. The molecular weight excluding hydrogens is 324 g/mol. The molecule has 0 bridgehead atoms. The quantitative estimate of drug-likeness (QED) is 0.645. The molecule has 0 unspecified atom stereocenters. The molecule has 25 heavy (non-hydrogen) atoms. The predicted molar refractivity (Wildman–Crippen MR) is 91.2 cm³/mol. The molecule has 3 rings (SSSR count). The number of benzene rings is 2. The number of nitrogens with one attached hydrogen (secondary N) is 1. The van der Waals surface area contributed by atoms with Gasteiger partial charge in [0.05, 0.1) is 17.6 Å². The minimum Gasteiger partial charge on any atom is -0.438 e. The maximum atomic E-state index is 12.3. The lowest BCUT2D eigenvalue weighted by Crippen LogP contribution is -2.26. The maximum absolute atomic E-state index is 12.3. The lowest BCUT2D eigenvalue weighted by atomic mass is 10.2. The fourth-order valence-corrected chi connectivity index (χ4v) is 2.31. The normalized spacial score (nSPS) is 10.6. The number of esters is 1. The zero-order valence-electron chi connectivity index (χ0n) is 13.3. The third-order valence-corrected chi connectivity index (χ3v) is 3.52. The van der Waals surface area contributed by atoms with E-state index in [9.17, 15) is 9.59 Å². The summed E-state index contributed by atoms with van der Waals surface area (Å²) in [5, 5.41) is 19.9. The van der Waals surface area contributed by atoms with Crippen molar-refractivity contribution in [1.29, 1.82) is 0 Å². The van der Waals surface area contributed by atoms with Crippen molar-refractivity contribution < 1.29 is 14.6 Å². The number of aliphatic hydroxyl groups is 1. The molecule has 0 saturated carbocycles. The van der Waals surface area contributed by atoms with Gasteiger partial charge in [0.15, 0.2) is 6.73 Å². The molecule has 0 amide bonds. The molecule has 1 aromatic heterocycles. The highest BCUT2D eigenvalue weighted by Gasteiger charge is 2.13. The van der Waals surface area contributed by atoms with Crippen molar-refractivity contribution in [2.75, 3.05) is 18.5 Å². The van der Waals surface area contributed by atoms with E-state index < -0.39 is 5.97 Å². The topological polar surface area (TPSA) is 106 Å². The molecule has 3 aromatic rings. The average Bonchev–Trinajstić information content (AvgIpc) is 2.66. The Hall–Kier alpha value is -3.26. The minimum absolute atomic E-state index is 0.0640. The Bertz CT molecular complexity index is 955. The zero-order chi connectivity index (χ0) is 17.6.